The van der Waals surface area contributed by atoms with Gasteiger partial charge in [-0.3, -0.25) is 19.2 Å². The summed E-state index contributed by atoms with van der Waals surface area (Å²) in [5.41, 5.74) is 10.1. The van der Waals surface area contributed by atoms with Crippen molar-refractivity contribution in [3.63, 3.8) is 0 Å². The van der Waals surface area contributed by atoms with E-state index in [4.69, 9.17) is 51.1 Å². The lowest BCUT2D eigenvalue weighted by Crippen LogP contribution is -2.06. The Kier molecular flexibility index (Phi) is 45.7. The summed E-state index contributed by atoms with van der Waals surface area (Å²) in [5.74, 6) is -3.33. The van der Waals surface area contributed by atoms with E-state index in [0.29, 0.717) is 0 Å². The number of nitrogens with two attached hydrogens (primary N) is 2. The van der Waals surface area contributed by atoms with Gasteiger partial charge in [-0.15, -0.1) is 0 Å². The zero-order valence-corrected chi connectivity index (χ0v) is 12.7. The standard InChI is InChI=1S/C3H10N2.4C2H4O2/c4-2-1-3-5;4*1-2(3)4/h1-5H2;4*1H3,(H,3,4). The first-order valence-corrected chi connectivity index (χ1v) is 5.53. The van der Waals surface area contributed by atoms with Crippen molar-refractivity contribution in [2.75, 3.05) is 13.1 Å². The fourth-order valence-corrected chi connectivity index (χ4v) is 0.118. The van der Waals surface area contributed by atoms with E-state index in [0.717, 1.165) is 47.2 Å². The first-order chi connectivity index (χ1) is 9.34. The van der Waals surface area contributed by atoms with Gasteiger partial charge in [0, 0.05) is 27.7 Å². The molecule has 21 heavy (non-hydrogen) atoms. The lowest BCUT2D eigenvalue weighted by Gasteiger charge is -1.81. The number of hydrogen-bond donors (Lipinski definition) is 6. The first kappa shape index (κ1) is 31.3. The highest BCUT2D eigenvalue weighted by atomic mass is 16.4. The van der Waals surface area contributed by atoms with Crippen LogP contribution in [0.5, 0.6) is 0 Å². The molecule has 10 heteroatoms. The van der Waals surface area contributed by atoms with Crippen LogP contribution in [0.15, 0.2) is 0 Å². The molecule has 0 aromatic carbocycles. The summed E-state index contributed by atoms with van der Waals surface area (Å²) in [7, 11) is 0. The van der Waals surface area contributed by atoms with Crippen molar-refractivity contribution < 1.29 is 39.6 Å². The molecule has 0 aliphatic heterocycles. The topological polar surface area (TPSA) is 201 Å². The van der Waals surface area contributed by atoms with Gasteiger partial charge < -0.3 is 31.9 Å². The highest BCUT2D eigenvalue weighted by molar-refractivity contribution is 5.63. The van der Waals surface area contributed by atoms with Gasteiger partial charge in [0.2, 0.25) is 0 Å². The molecule has 0 fully saturated rings. The van der Waals surface area contributed by atoms with Crippen LogP contribution in [0.25, 0.3) is 0 Å². The molecule has 0 bridgehead atoms. The SMILES string of the molecule is CC(=O)O.CC(=O)O.CC(=O)O.CC(=O)O.NCCCN. The molecule has 0 spiro atoms. The minimum absolute atomic E-state index is 0.719. The van der Waals surface area contributed by atoms with Gasteiger partial charge in [0.15, 0.2) is 0 Å². The van der Waals surface area contributed by atoms with Crippen LogP contribution in [0.2, 0.25) is 0 Å². The fraction of sp³-hybridized carbons (Fsp3) is 0.636. The molecule has 0 heterocycles. The minimum atomic E-state index is -0.833. The van der Waals surface area contributed by atoms with Gasteiger partial charge in [0.1, 0.15) is 0 Å². The highest BCUT2D eigenvalue weighted by Crippen LogP contribution is 1.58. The average molecular weight is 314 g/mol. The summed E-state index contributed by atoms with van der Waals surface area (Å²) >= 11 is 0. The number of rotatable bonds is 2. The Hall–Kier alpha value is -2.20. The van der Waals surface area contributed by atoms with E-state index in [2.05, 4.69) is 0 Å². The fourth-order valence-electron chi connectivity index (χ4n) is 0.118. The first-order valence-electron chi connectivity index (χ1n) is 5.53. The molecule has 128 valence electrons. The monoisotopic (exact) mass is 314 g/mol. The molecule has 0 saturated carbocycles. The molecule has 10 nitrogen and oxygen atoms in total. The van der Waals surface area contributed by atoms with Crippen LogP contribution < -0.4 is 11.5 Å². The third-order valence-electron chi connectivity index (χ3n) is 0.408. The van der Waals surface area contributed by atoms with E-state index < -0.39 is 23.9 Å². The van der Waals surface area contributed by atoms with E-state index in [-0.39, 0.29) is 0 Å². The van der Waals surface area contributed by atoms with Crippen LogP contribution in [0.1, 0.15) is 34.1 Å². The molecule has 0 aliphatic rings. The minimum Gasteiger partial charge on any atom is -0.481 e. The summed E-state index contributed by atoms with van der Waals surface area (Å²) in [5, 5.41) is 29.7. The number of carboxylic acids is 4. The Labute approximate surface area is 123 Å². The maximum Gasteiger partial charge on any atom is 0.300 e. The molecular formula is C11H26N2O8. The van der Waals surface area contributed by atoms with E-state index >= 15 is 0 Å². The summed E-state index contributed by atoms with van der Waals surface area (Å²) in [6.07, 6.45) is 0.944. The average Bonchev–Trinajstić information content (AvgIpc) is 2.14. The lowest BCUT2D eigenvalue weighted by atomic mass is 10.4. The van der Waals surface area contributed by atoms with E-state index in [9.17, 15) is 0 Å². The van der Waals surface area contributed by atoms with E-state index in [1.165, 1.54) is 0 Å². The number of carbonyl (C=O) groups is 4. The third-order valence-corrected chi connectivity index (χ3v) is 0.408. The number of hydrogen-bond acceptors (Lipinski definition) is 6. The van der Waals surface area contributed by atoms with E-state index in [1.54, 1.807) is 0 Å². The summed E-state index contributed by atoms with van der Waals surface area (Å²) in [4.78, 5) is 36.0. The zero-order valence-electron chi connectivity index (χ0n) is 12.7. The summed E-state index contributed by atoms with van der Waals surface area (Å²) < 4.78 is 0. The van der Waals surface area contributed by atoms with Crippen molar-refractivity contribution in [2.45, 2.75) is 34.1 Å². The number of aliphatic carboxylic acids is 4. The maximum absolute atomic E-state index is 9.00. The third kappa shape index (κ3) is 111000. The van der Waals surface area contributed by atoms with Crippen molar-refractivity contribution in [1.29, 1.82) is 0 Å². The second kappa shape index (κ2) is 30.7. The Balaban J connectivity index is -0.0000000510. The Morgan fingerprint density at radius 2 is 0.714 bits per heavy atom. The molecule has 8 N–H and O–H groups in total. The Morgan fingerprint density at radius 1 is 0.619 bits per heavy atom. The predicted molar refractivity (Wildman–Crippen MR) is 76.0 cm³/mol. The van der Waals surface area contributed by atoms with Crippen molar-refractivity contribution in [3.8, 4) is 0 Å². The van der Waals surface area contributed by atoms with Crippen molar-refractivity contribution >= 4 is 23.9 Å². The van der Waals surface area contributed by atoms with Gasteiger partial charge in [-0.2, -0.15) is 0 Å². The maximum atomic E-state index is 9.00. The molecule has 0 amide bonds. The predicted octanol–water partition coefficient (Wildman–Crippen LogP) is -0.342. The van der Waals surface area contributed by atoms with Gasteiger partial charge in [-0.05, 0) is 19.5 Å². The zero-order chi connectivity index (χ0) is 18.4. The Bertz CT molecular complexity index is 203. The number of carboxylic acid groups (broad SMARTS) is 4. The summed E-state index contributed by atoms with van der Waals surface area (Å²) in [6, 6.07) is 0. The molecule has 0 aliphatic carbocycles. The van der Waals surface area contributed by atoms with Gasteiger partial charge in [-0.1, -0.05) is 0 Å². The van der Waals surface area contributed by atoms with Gasteiger partial charge >= 0.3 is 0 Å². The summed E-state index contributed by atoms with van der Waals surface area (Å²) in [6.45, 7) is 5.77. The molecular weight excluding hydrogens is 288 g/mol. The molecule has 0 aromatic heterocycles. The molecule has 0 aromatic rings. The van der Waals surface area contributed by atoms with Crippen LogP contribution in [0.4, 0.5) is 0 Å². The van der Waals surface area contributed by atoms with Crippen molar-refractivity contribution in [1.82, 2.24) is 0 Å². The quantitative estimate of drug-likeness (QED) is 0.391. The van der Waals surface area contributed by atoms with Gasteiger partial charge in [-0.25, -0.2) is 0 Å². The van der Waals surface area contributed by atoms with Crippen LogP contribution >= 0.6 is 0 Å². The normalized spacial score (nSPS) is 6.76. The van der Waals surface area contributed by atoms with Crippen LogP contribution in [0, 0.1) is 0 Å². The van der Waals surface area contributed by atoms with Crippen molar-refractivity contribution in [2.24, 2.45) is 11.5 Å². The van der Waals surface area contributed by atoms with Crippen molar-refractivity contribution in [3.05, 3.63) is 0 Å². The molecule has 0 unspecified atom stereocenters. The largest absolute Gasteiger partial charge is 0.481 e. The molecule has 0 radical (unpaired) electrons. The van der Waals surface area contributed by atoms with Crippen LogP contribution in [-0.4, -0.2) is 57.4 Å². The second-order valence-electron chi connectivity index (χ2n) is 3.01. The molecule has 0 rings (SSSR count). The lowest BCUT2D eigenvalue weighted by molar-refractivity contribution is -0.135. The Morgan fingerprint density at radius 3 is 0.714 bits per heavy atom. The van der Waals surface area contributed by atoms with E-state index in [1.807, 2.05) is 0 Å². The van der Waals surface area contributed by atoms with Crippen LogP contribution in [-0.2, 0) is 19.2 Å². The van der Waals surface area contributed by atoms with Gasteiger partial charge in [0.05, 0.1) is 0 Å². The highest BCUT2D eigenvalue weighted by Gasteiger charge is 1.68. The second-order valence-corrected chi connectivity index (χ2v) is 3.01. The van der Waals surface area contributed by atoms with Crippen LogP contribution in [0.3, 0.4) is 0 Å². The smallest absolute Gasteiger partial charge is 0.300 e. The molecule has 0 saturated heterocycles. The van der Waals surface area contributed by atoms with Gasteiger partial charge in [0.25, 0.3) is 23.9 Å². The molecule has 0 atom stereocenters.